The zero-order valence-electron chi connectivity index (χ0n) is 11.8. The van der Waals surface area contributed by atoms with Crippen molar-refractivity contribution in [3.8, 4) is 0 Å². The van der Waals surface area contributed by atoms with E-state index in [-0.39, 0.29) is 23.6 Å². The van der Waals surface area contributed by atoms with E-state index in [0.29, 0.717) is 12.8 Å². The number of halogens is 4. The Kier molecular flexibility index (Phi) is 4.74. The largest absolute Gasteiger partial charge is 0.481 e. The summed E-state index contributed by atoms with van der Waals surface area (Å²) in [7, 11) is 0. The van der Waals surface area contributed by atoms with Gasteiger partial charge in [0.1, 0.15) is 0 Å². The van der Waals surface area contributed by atoms with Crippen LogP contribution in [0.2, 0.25) is 5.02 Å². The number of benzene rings is 1. The highest BCUT2D eigenvalue weighted by molar-refractivity contribution is 6.31. The molecule has 1 aliphatic carbocycles. The van der Waals surface area contributed by atoms with E-state index >= 15 is 0 Å². The molecule has 0 bridgehead atoms. The minimum atomic E-state index is -4.50. The lowest BCUT2D eigenvalue weighted by atomic mass is 10.0. The molecule has 2 amide bonds. The highest BCUT2D eigenvalue weighted by Gasteiger charge is 2.48. The number of hydrogen-bond donors (Lipinski definition) is 3. The van der Waals surface area contributed by atoms with Gasteiger partial charge in [0.05, 0.1) is 17.5 Å². The minimum absolute atomic E-state index is 0.0758. The molecule has 0 atom stereocenters. The van der Waals surface area contributed by atoms with Crippen LogP contribution < -0.4 is 10.6 Å². The lowest BCUT2D eigenvalue weighted by Gasteiger charge is -2.21. The molecule has 5 nitrogen and oxygen atoms in total. The van der Waals surface area contributed by atoms with Gasteiger partial charge < -0.3 is 15.7 Å². The molecule has 0 saturated heterocycles. The van der Waals surface area contributed by atoms with Gasteiger partial charge in [-0.2, -0.15) is 13.2 Å². The number of amides is 2. The third-order valence-electron chi connectivity index (χ3n) is 3.54. The average molecular weight is 351 g/mol. The SMILES string of the molecule is O=C(O)CCNC(=O)NC1(c2cc(C(F)(F)F)ccc2Cl)CC1. The molecule has 3 N–H and O–H groups in total. The molecule has 1 aromatic carbocycles. The van der Waals surface area contributed by atoms with Gasteiger partial charge in [-0.1, -0.05) is 11.6 Å². The molecule has 0 aliphatic heterocycles. The first-order chi connectivity index (χ1) is 10.6. The summed E-state index contributed by atoms with van der Waals surface area (Å²) in [6.07, 6.45) is -3.83. The zero-order chi connectivity index (χ0) is 17.3. The molecular weight excluding hydrogens is 337 g/mol. The van der Waals surface area contributed by atoms with Crippen molar-refractivity contribution in [3.63, 3.8) is 0 Å². The second-order valence-electron chi connectivity index (χ2n) is 5.30. The molecular formula is C14H14ClF3N2O3. The van der Waals surface area contributed by atoms with Crippen LogP contribution in [0.5, 0.6) is 0 Å². The zero-order valence-corrected chi connectivity index (χ0v) is 12.6. The maximum absolute atomic E-state index is 12.8. The van der Waals surface area contributed by atoms with Gasteiger partial charge in [-0.15, -0.1) is 0 Å². The second kappa shape index (κ2) is 6.27. The normalized spacial score (nSPS) is 15.8. The smallest absolute Gasteiger partial charge is 0.416 e. The number of carbonyl (C=O) groups is 2. The number of carboxylic acids is 1. The highest BCUT2D eigenvalue weighted by Crippen LogP contribution is 2.49. The Labute approximate surface area is 134 Å². The molecule has 0 heterocycles. The molecule has 0 unspecified atom stereocenters. The number of hydrogen-bond acceptors (Lipinski definition) is 2. The summed E-state index contributed by atoms with van der Waals surface area (Å²) in [5.41, 5.74) is -1.57. The van der Waals surface area contributed by atoms with Crippen LogP contribution in [-0.4, -0.2) is 23.7 Å². The summed E-state index contributed by atoms with van der Waals surface area (Å²) in [5.74, 6) is -1.06. The quantitative estimate of drug-likeness (QED) is 0.763. The van der Waals surface area contributed by atoms with Crippen molar-refractivity contribution >= 4 is 23.6 Å². The maximum Gasteiger partial charge on any atom is 0.416 e. The van der Waals surface area contributed by atoms with Crippen molar-refractivity contribution in [1.29, 1.82) is 0 Å². The Morgan fingerprint density at radius 1 is 1.30 bits per heavy atom. The molecule has 1 fully saturated rings. The van der Waals surface area contributed by atoms with Crippen molar-refractivity contribution < 1.29 is 27.9 Å². The first kappa shape index (κ1) is 17.4. The Morgan fingerprint density at radius 3 is 2.48 bits per heavy atom. The lowest BCUT2D eigenvalue weighted by Crippen LogP contribution is -2.43. The van der Waals surface area contributed by atoms with Crippen LogP contribution in [-0.2, 0) is 16.5 Å². The Balaban J connectivity index is 2.11. The molecule has 1 aromatic rings. The van der Waals surface area contributed by atoms with Gasteiger partial charge >= 0.3 is 18.2 Å². The monoisotopic (exact) mass is 350 g/mol. The maximum atomic E-state index is 12.8. The Bertz CT molecular complexity index is 630. The summed E-state index contributed by atoms with van der Waals surface area (Å²) < 4.78 is 38.4. The van der Waals surface area contributed by atoms with Crippen LogP contribution in [0.15, 0.2) is 18.2 Å². The van der Waals surface area contributed by atoms with Crippen LogP contribution in [0.4, 0.5) is 18.0 Å². The van der Waals surface area contributed by atoms with Gasteiger partial charge in [-0.3, -0.25) is 4.79 Å². The van der Waals surface area contributed by atoms with Gasteiger partial charge in [0, 0.05) is 11.6 Å². The van der Waals surface area contributed by atoms with E-state index < -0.39 is 29.3 Å². The van der Waals surface area contributed by atoms with E-state index in [1.54, 1.807) is 0 Å². The van der Waals surface area contributed by atoms with Crippen LogP contribution >= 0.6 is 11.6 Å². The first-order valence-corrected chi connectivity index (χ1v) is 7.17. The van der Waals surface area contributed by atoms with Gasteiger partial charge in [-0.25, -0.2) is 4.79 Å². The molecule has 1 saturated carbocycles. The third-order valence-corrected chi connectivity index (χ3v) is 3.87. The molecule has 23 heavy (non-hydrogen) atoms. The molecule has 2 rings (SSSR count). The average Bonchev–Trinajstić information content (AvgIpc) is 3.17. The van der Waals surface area contributed by atoms with E-state index in [2.05, 4.69) is 10.6 Å². The van der Waals surface area contributed by atoms with Crippen LogP contribution in [0.1, 0.15) is 30.4 Å². The molecule has 1 aliphatic rings. The number of rotatable bonds is 5. The van der Waals surface area contributed by atoms with Crippen molar-refractivity contribution in [2.45, 2.75) is 31.0 Å². The summed E-state index contributed by atoms with van der Waals surface area (Å²) in [6, 6.07) is 2.34. The van der Waals surface area contributed by atoms with E-state index in [1.165, 1.54) is 0 Å². The summed E-state index contributed by atoms with van der Waals surface area (Å²) in [5, 5.41) is 13.6. The Morgan fingerprint density at radius 2 is 1.96 bits per heavy atom. The summed E-state index contributed by atoms with van der Waals surface area (Å²) in [4.78, 5) is 22.1. The number of nitrogens with one attached hydrogen (secondary N) is 2. The van der Waals surface area contributed by atoms with Crippen LogP contribution in [0.3, 0.4) is 0 Å². The number of carboxylic acid groups (broad SMARTS) is 1. The van der Waals surface area contributed by atoms with Gasteiger partial charge in [0.2, 0.25) is 0 Å². The fourth-order valence-electron chi connectivity index (χ4n) is 2.20. The van der Waals surface area contributed by atoms with Crippen molar-refractivity contribution in [1.82, 2.24) is 10.6 Å². The molecule has 9 heteroatoms. The predicted octanol–water partition coefficient (Wildman–Crippen LogP) is 3.12. The summed E-state index contributed by atoms with van der Waals surface area (Å²) >= 11 is 5.98. The van der Waals surface area contributed by atoms with Gasteiger partial charge in [0.15, 0.2) is 0 Å². The first-order valence-electron chi connectivity index (χ1n) is 6.79. The van der Waals surface area contributed by atoms with E-state index in [4.69, 9.17) is 16.7 Å². The molecule has 0 spiro atoms. The molecule has 0 aromatic heterocycles. The number of carbonyl (C=O) groups excluding carboxylic acids is 1. The fraction of sp³-hybridized carbons (Fsp3) is 0.429. The van der Waals surface area contributed by atoms with Crippen molar-refractivity contribution in [2.75, 3.05) is 6.54 Å². The molecule has 0 radical (unpaired) electrons. The van der Waals surface area contributed by atoms with Crippen LogP contribution in [0, 0.1) is 0 Å². The number of aliphatic carboxylic acids is 1. The van der Waals surface area contributed by atoms with Crippen molar-refractivity contribution in [2.24, 2.45) is 0 Å². The van der Waals surface area contributed by atoms with Crippen LogP contribution in [0.25, 0.3) is 0 Å². The molecule has 126 valence electrons. The Hall–Kier alpha value is -1.96. The third kappa shape index (κ3) is 4.28. The van der Waals surface area contributed by atoms with E-state index in [0.717, 1.165) is 18.2 Å². The summed E-state index contributed by atoms with van der Waals surface area (Å²) in [6.45, 7) is -0.0758. The van der Waals surface area contributed by atoms with Crippen molar-refractivity contribution in [3.05, 3.63) is 34.3 Å². The topological polar surface area (TPSA) is 78.4 Å². The number of alkyl halides is 3. The number of urea groups is 1. The minimum Gasteiger partial charge on any atom is -0.481 e. The fourth-order valence-corrected chi connectivity index (χ4v) is 2.50. The van der Waals surface area contributed by atoms with Gasteiger partial charge in [-0.05, 0) is 36.6 Å². The lowest BCUT2D eigenvalue weighted by molar-refractivity contribution is -0.138. The van der Waals surface area contributed by atoms with Gasteiger partial charge in [0.25, 0.3) is 0 Å². The highest BCUT2D eigenvalue weighted by atomic mass is 35.5. The second-order valence-corrected chi connectivity index (χ2v) is 5.71. The van der Waals surface area contributed by atoms with E-state index in [1.807, 2.05) is 0 Å². The standard InChI is InChI=1S/C14H14ClF3N2O3/c15-10-2-1-8(14(16,17)18)7-9(10)13(4-5-13)20-12(23)19-6-3-11(21)22/h1-2,7H,3-6H2,(H,21,22)(H2,19,20,23). The predicted molar refractivity (Wildman–Crippen MR) is 76.2 cm³/mol. The van der Waals surface area contributed by atoms with E-state index in [9.17, 15) is 22.8 Å².